The van der Waals surface area contributed by atoms with Crippen molar-refractivity contribution in [3.8, 4) is 5.75 Å². The number of amides is 1. The van der Waals surface area contributed by atoms with Gasteiger partial charge in [-0.1, -0.05) is 18.2 Å². The maximum atomic E-state index is 12.4. The van der Waals surface area contributed by atoms with E-state index in [1.165, 1.54) is 0 Å². The van der Waals surface area contributed by atoms with Gasteiger partial charge in [0, 0.05) is 24.4 Å². The highest BCUT2D eigenvalue weighted by molar-refractivity contribution is 5.96. The van der Waals surface area contributed by atoms with E-state index in [1.807, 2.05) is 35.2 Å². The van der Waals surface area contributed by atoms with Gasteiger partial charge in [0.2, 0.25) is 0 Å². The lowest BCUT2D eigenvalue weighted by Crippen LogP contribution is -2.37. The molecule has 1 amide bonds. The van der Waals surface area contributed by atoms with E-state index in [0.717, 1.165) is 35.5 Å². The third kappa shape index (κ3) is 2.37. The number of hydrogen-bond acceptors (Lipinski definition) is 3. The SMILES string of the molecule is COc1ccnc(CN2CCc3ccccc3C2=O)c1. The molecule has 1 aromatic carbocycles. The summed E-state index contributed by atoms with van der Waals surface area (Å²) in [4.78, 5) is 18.6. The molecule has 2 heterocycles. The highest BCUT2D eigenvalue weighted by Crippen LogP contribution is 2.20. The number of ether oxygens (including phenoxy) is 1. The van der Waals surface area contributed by atoms with Crippen LogP contribution in [0.1, 0.15) is 21.6 Å². The van der Waals surface area contributed by atoms with Crippen molar-refractivity contribution in [1.82, 2.24) is 9.88 Å². The fourth-order valence-corrected chi connectivity index (χ4v) is 2.49. The van der Waals surface area contributed by atoms with Crippen LogP contribution in [0.25, 0.3) is 0 Å². The molecule has 0 spiro atoms. The molecular weight excluding hydrogens is 252 g/mol. The van der Waals surface area contributed by atoms with Crippen LogP contribution in [0.15, 0.2) is 42.6 Å². The zero-order valence-corrected chi connectivity index (χ0v) is 11.4. The molecule has 0 bridgehead atoms. The molecule has 0 fully saturated rings. The van der Waals surface area contributed by atoms with Gasteiger partial charge < -0.3 is 9.64 Å². The van der Waals surface area contributed by atoms with Gasteiger partial charge in [-0.15, -0.1) is 0 Å². The number of aromatic nitrogens is 1. The first-order valence-corrected chi connectivity index (χ1v) is 6.64. The average molecular weight is 268 g/mol. The topological polar surface area (TPSA) is 42.4 Å². The first-order valence-electron chi connectivity index (χ1n) is 6.64. The number of carbonyl (C=O) groups excluding carboxylic acids is 1. The summed E-state index contributed by atoms with van der Waals surface area (Å²) >= 11 is 0. The predicted molar refractivity (Wildman–Crippen MR) is 75.7 cm³/mol. The second-order valence-electron chi connectivity index (χ2n) is 4.82. The van der Waals surface area contributed by atoms with Gasteiger partial charge in [-0.25, -0.2) is 0 Å². The first kappa shape index (κ1) is 12.7. The van der Waals surface area contributed by atoms with Gasteiger partial charge in [-0.3, -0.25) is 9.78 Å². The molecule has 0 radical (unpaired) electrons. The molecule has 1 aliphatic heterocycles. The summed E-state index contributed by atoms with van der Waals surface area (Å²) in [7, 11) is 1.63. The summed E-state index contributed by atoms with van der Waals surface area (Å²) in [5, 5.41) is 0. The lowest BCUT2D eigenvalue weighted by Gasteiger charge is -2.28. The minimum Gasteiger partial charge on any atom is -0.497 e. The molecule has 2 aromatic rings. The second kappa shape index (κ2) is 5.33. The molecule has 3 rings (SSSR count). The Bertz CT molecular complexity index is 640. The standard InChI is InChI=1S/C16H16N2O2/c1-20-14-6-8-17-13(10-14)11-18-9-7-12-4-2-3-5-15(12)16(18)19/h2-6,8,10H,7,9,11H2,1H3. The van der Waals surface area contributed by atoms with Crippen molar-refractivity contribution < 1.29 is 9.53 Å². The Morgan fingerprint density at radius 1 is 1.30 bits per heavy atom. The van der Waals surface area contributed by atoms with E-state index in [-0.39, 0.29) is 5.91 Å². The number of rotatable bonds is 3. The van der Waals surface area contributed by atoms with E-state index in [1.54, 1.807) is 19.4 Å². The summed E-state index contributed by atoms with van der Waals surface area (Å²) in [6, 6.07) is 11.5. The normalized spacial score (nSPS) is 14.1. The van der Waals surface area contributed by atoms with Crippen LogP contribution in [0.2, 0.25) is 0 Å². The van der Waals surface area contributed by atoms with Gasteiger partial charge in [0.1, 0.15) is 5.75 Å². The third-order valence-corrected chi connectivity index (χ3v) is 3.56. The summed E-state index contributed by atoms with van der Waals surface area (Å²) in [6.45, 7) is 1.25. The highest BCUT2D eigenvalue weighted by Gasteiger charge is 2.24. The Balaban J connectivity index is 1.81. The Morgan fingerprint density at radius 3 is 3.00 bits per heavy atom. The monoisotopic (exact) mass is 268 g/mol. The average Bonchev–Trinajstić information content (AvgIpc) is 2.50. The van der Waals surface area contributed by atoms with Crippen LogP contribution >= 0.6 is 0 Å². The van der Waals surface area contributed by atoms with Crippen LogP contribution < -0.4 is 4.74 Å². The molecule has 102 valence electrons. The smallest absolute Gasteiger partial charge is 0.254 e. The lowest BCUT2D eigenvalue weighted by atomic mass is 9.99. The minimum atomic E-state index is 0.0801. The molecule has 1 aromatic heterocycles. The Labute approximate surface area is 118 Å². The molecule has 1 aliphatic rings. The lowest BCUT2D eigenvalue weighted by molar-refractivity contribution is 0.0725. The quantitative estimate of drug-likeness (QED) is 0.857. The molecule has 4 nitrogen and oxygen atoms in total. The van der Waals surface area contributed by atoms with Crippen LogP contribution in [0.4, 0.5) is 0 Å². The van der Waals surface area contributed by atoms with Crippen molar-refractivity contribution in [2.45, 2.75) is 13.0 Å². The van der Waals surface area contributed by atoms with Crippen molar-refractivity contribution in [3.63, 3.8) is 0 Å². The maximum Gasteiger partial charge on any atom is 0.254 e. The summed E-state index contributed by atoms with van der Waals surface area (Å²) < 4.78 is 5.18. The van der Waals surface area contributed by atoms with Gasteiger partial charge in [0.05, 0.1) is 19.3 Å². The molecule has 0 saturated heterocycles. The van der Waals surface area contributed by atoms with E-state index in [4.69, 9.17) is 4.74 Å². The number of hydrogen-bond donors (Lipinski definition) is 0. The van der Waals surface area contributed by atoms with Crippen molar-refractivity contribution in [2.75, 3.05) is 13.7 Å². The number of carbonyl (C=O) groups is 1. The number of pyridine rings is 1. The van der Waals surface area contributed by atoms with Gasteiger partial charge in [0.25, 0.3) is 5.91 Å². The first-order chi connectivity index (χ1) is 9.78. The van der Waals surface area contributed by atoms with Crippen molar-refractivity contribution in [2.24, 2.45) is 0 Å². The Kier molecular flexibility index (Phi) is 3.37. The maximum absolute atomic E-state index is 12.4. The van der Waals surface area contributed by atoms with Crippen molar-refractivity contribution >= 4 is 5.91 Å². The molecule has 0 saturated carbocycles. The largest absolute Gasteiger partial charge is 0.497 e. The van der Waals surface area contributed by atoms with Gasteiger partial charge in [0.15, 0.2) is 0 Å². The van der Waals surface area contributed by atoms with Crippen LogP contribution in [-0.2, 0) is 13.0 Å². The molecular formula is C16H16N2O2. The molecule has 0 aliphatic carbocycles. The van der Waals surface area contributed by atoms with E-state index < -0.39 is 0 Å². The van der Waals surface area contributed by atoms with Crippen LogP contribution in [0.5, 0.6) is 5.75 Å². The van der Waals surface area contributed by atoms with E-state index in [2.05, 4.69) is 4.98 Å². The van der Waals surface area contributed by atoms with E-state index in [9.17, 15) is 4.79 Å². The predicted octanol–water partition coefficient (Wildman–Crippen LogP) is 2.29. The summed E-state index contributed by atoms with van der Waals surface area (Å²) in [6.07, 6.45) is 2.60. The highest BCUT2D eigenvalue weighted by atomic mass is 16.5. The van der Waals surface area contributed by atoms with Crippen LogP contribution in [-0.4, -0.2) is 29.4 Å². The molecule has 4 heteroatoms. The fourth-order valence-electron chi connectivity index (χ4n) is 2.49. The second-order valence-corrected chi connectivity index (χ2v) is 4.82. The van der Waals surface area contributed by atoms with E-state index >= 15 is 0 Å². The van der Waals surface area contributed by atoms with Crippen molar-refractivity contribution in [1.29, 1.82) is 0 Å². The van der Waals surface area contributed by atoms with Gasteiger partial charge in [-0.05, 0) is 24.1 Å². The molecule has 0 unspecified atom stereocenters. The number of benzene rings is 1. The minimum absolute atomic E-state index is 0.0801. The van der Waals surface area contributed by atoms with Crippen LogP contribution in [0, 0.1) is 0 Å². The van der Waals surface area contributed by atoms with Crippen LogP contribution in [0.3, 0.4) is 0 Å². The van der Waals surface area contributed by atoms with Gasteiger partial charge >= 0.3 is 0 Å². The third-order valence-electron chi connectivity index (χ3n) is 3.56. The summed E-state index contributed by atoms with van der Waals surface area (Å²) in [5.41, 5.74) is 2.78. The zero-order valence-electron chi connectivity index (χ0n) is 11.4. The molecule has 0 N–H and O–H groups in total. The molecule has 0 atom stereocenters. The Morgan fingerprint density at radius 2 is 2.15 bits per heavy atom. The van der Waals surface area contributed by atoms with Crippen molar-refractivity contribution in [3.05, 3.63) is 59.4 Å². The Hall–Kier alpha value is -2.36. The van der Waals surface area contributed by atoms with E-state index in [0.29, 0.717) is 6.54 Å². The summed E-state index contributed by atoms with van der Waals surface area (Å²) in [5.74, 6) is 0.844. The van der Waals surface area contributed by atoms with Gasteiger partial charge in [-0.2, -0.15) is 0 Å². The number of fused-ring (bicyclic) bond motifs is 1. The fraction of sp³-hybridized carbons (Fsp3) is 0.250. The number of methoxy groups -OCH3 is 1. The molecule has 20 heavy (non-hydrogen) atoms. The zero-order chi connectivity index (χ0) is 13.9. The number of nitrogens with zero attached hydrogens (tertiary/aromatic N) is 2.